The smallest absolute Gasteiger partial charge is 0.00258 e. The molecule has 0 aliphatic rings. The lowest BCUT2D eigenvalue weighted by atomic mass is 9.97. The van der Waals surface area contributed by atoms with Crippen molar-refractivity contribution in [1.82, 2.24) is 5.32 Å². The SMILES string of the molecule is Cc1cccc(CC(C)CCNCC(C)C)c1. The summed E-state index contributed by atoms with van der Waals surface area (Å²) in [7, 11) is 0. The quantitative estimate of drug-likeness (QED) is 0.706. The van der Waals surface area contributed by atoms with Crippen LogP contribution in [0.4, 0.5) is 0 Å². The normalized spacial score (nSPS) is 13.0. The van der Waals surface area contributed by atoms with Crippen molar-refractivity contribution in [2.24, 2.45) is 11.8 Å². The monoisotopic (exact) mass is 233 g/mol. The molecule has 0 spiro atoms. The third-order valence-electron chi connectivity index (χ3n) is 3.03. The second-order valence-electron chi connectivity index (χ2n) is 5.68. The van der Waals surface area contributed by atoms with Gasteiger partial charge in [-0.2, -0.15) is 0 Å². The summed E-state index contributed by atoms with van der Waals surface area (Å²) in [5.74, 6) is 1.51. The molecule has 1 aromatic rings. The van der Waals surface area contributed by atoms with Crippen LogP contribution < -0.4 is 5.32 Å². The highest BCUT2D eigenvalue weighted by Gasteiger charge is 2.04. The van der Waals surface area contributed by atoms with Crippen LogP contribution in [0.3, 0.4) is 0 Å². The van der Waals surface area contributed by atoms with Gasteiger partial charge in [0.15, 0.2) is 0 Å². The molecule has 0 bridgehead atoms. The Bertz CT molecular complexity index is 317. The van der Waals surface area contributed by atoms with E-state index >= 15 is 0 Å². The largest absolute Gasteiger partial charge is 0.316 e. The van der Waals surface area contributed by atoms with Gasteiger partial charge in [-0.15, -0.1) is 0 Å². The summed E-state index contributed by atoms with van der Waals surface area (Å²) < 4.78 is 0. The summed E-state index contributed by atoms with van der Waals surface area (Å²) in [4.78, 5) is 0. The standard InChI is InChI=1S/C16H27N/c1-13(2)12-17-9-8-15(4)11-16-7-5-6-14(3)10-16/h5-7,10,13,15,17H,8-9,11-12H2,1-4H3. The van der Waals surface area contributed by atoms with Crippen LogP contribution in [0.2, 0.25) is 0 Å². The third-order valence-corrected chi connectivity index (χ3v) is 3.03. The van der Waals surface area contributed by atoms with Crippen molar-refractivity contribution in [3.05, 3.63) is 35.4 Å². The number of hydrogen-bond donors (Lipinski definition) is 1. The van der Waals surface area contributed by atoms with Gasteiger partial charge >= 0.3 is 0 Å². The van der Waals surface area contributed by atoms with Gasteiger partial charge < -0.3 is 5.32 Å². The van der Waals surface area contributed by atoms with Crippen LogP contribution in [-0.4, -0.2) is 13.1 Å². The molecular formula is C16H27N. The summed E-state index contributed by atoms with van der Waals surface area (Å²) in [6, 6.07) is 8.87. The number of aryl methyl sites for hydroxylation is 1. The van der Waals surface area contributed by atoms with E-state index in [0.717, 1.165) is 24.9 Å². The molecule has 0 aliphatic carbocycles. The number of hydrogen-bond acceptors (Lipinski definition) is 1. The van der Waals surface area contributed by atoms with Gasteiger partial charge in [-0.3, -0.25) is 0 Å². The fourth-order valence-electron chi connectivity index (χ4n) is 2.08. The lowest BCUT2D eigenvalue weighted by molar-refractivity contribution is 0.474. The van der Waals surface area contributed by atoms with E-state index in [9.17, 15) is 0 Å². The van der Waals surface area contributed by atoms with Crippen molar-refractivity contribution in [3.63, 3.8) is 0 Å². The molecule has 1 rings (SSSR count). The van der Waals surface area contributed by atoms with E-state index < -0.39 is 0 Å². The van der Waals surface area contributed by atoms with E-state index in [1.165, 1.54) is 24.0 Å². The van der Waals surface area contributed by atoms with Gasteiger partial charge in [0, 0.05) is 0 Å². The second kappa shape index (κ2) is 7.50. The molecule has 1 heteroatoms. The van der Waals surface area contributed by atoms with E-state index in [1.54, 1.807) is 0 Å². The van der Waals surface area contributed by atoms with Crippen LogP contribution in [0.15, 0.2) is 24.3 Å². The molecule has 1 unspecified atom stereocenters. The molecular weight excluding hydrogens is 206 g/mol. The van der Waals surface area contributed by atoms with Crippen LogP contribution in [0.25, 0.3) is 0 Å². The maximum absolute atomic E-state index is 3.51. The summed E-state index contributed by atoms with van der Waals surface area (Å²) in [5.41, 5.74) is 2.84. The first-order chi connectivity index (χ1) is 8.08. The molecule has 96 valence electrons. The van der Waals surface area contributed by atoms with Crippen LogP contribution in [0.1, 0.15) is 38.3 Å². The molecule has 0 saturated carbocycles. The zero-order valence-corrected chi connectivity index (χ0v) is 11.8. The number of rotatable bonds is 7. The van der Waals surface area contributed by atoms with Crippen molar-refractivity contribution in [2.45, 2.75) is 40.5 Å². The minimum absolute atomic E-state index is 0.752. The summed E-state index contributed by atoms with van der Waals surface area (Å²) in [6.45, 7) is 11.3. The Morgan fingerprint density at radius 2 is 1.94 bits per heavy atom. The highest BCUT2D eigenvalue weighted by Crippen LogP contribution is 2.12. The first-order valence-corrected chi connectivity index (χ1v) is 6.84. The highest BCUT2D eigenvalue weighted by atomic mass is 14.8. The lowest BCUT2D eigenvalue weighted by Gasteiger charge is -2.13. The number of benzene rings is 1. The Kier molecular flexibility index (Phi) is 6.28. The predicted octanol–water partition coefficient (Wildman–Crippen LogP) is 3.81. The Morgan fingerprint density at radius 1 is 1.18 bits per heavy atom. The minimum Gasteiger partial charge on any atom is -0.316 e. The van der Waals surface area contributed by atoms with Crippen LogP contribution in [-0.2, 0) is 6.42 Å². The average molecular weight is 233 g/mol. The molecule has 1 N–H and O–H groups in total. The van der Waals surface area contributed by atoms with E-state index in [-0.39, 0.29) is 0 Å². The molecule has 1 aromatic carbocycles. The fourth-order valence-corrected chi connectivity index (χ4v) is 2.08. The molecule has 17 heavy (non-hydrogen) atoms. The third kappa shape index (κ3) is 6.48. The molecule has 0 aromatic heterocycles. The van der Waals surface area contributed by atoms with Crippen LogP contribution in [0.5, 0.6) is 0 Å². The van der Waals surface area contributed by atoms with Gasteiger partial charge in [-0.25, -0.2) is 0 Å². The van der Waals surface area contributed by atoms with E-state index in [4.69, 9.17) is 0 Å². The van der Waals surface area contributed by atoms with Crippen LogP contribution >= 0.6 is 0 Å². The zero-order valence-electron chi connectivity index (χ0n) is 11.8. The van der Waals surface area contributed by atoms with Crippen molar-refractivity contribution in [2.75, 3.05) is 13.1 Å². The summed E-state index contributed by atoms with van der Waals surface area (Å²) in [6.07, 6.45) is 2.46. The zero-order chi connectivity index (χ0) is 12.7. The van der Waals surface area contributed by atoms with Gasteiger partial charge in [0.1, 0.15) is 0 Å². The van der Waals surface area contributed by atoms with Gasteiger partial charge in [0.2, 0.25) is 0 Å². The molecule has 0 fully saturated rings. The van der Waals surface area contributed by atoms with Gasteiger partial charge in [0.25, 0.3) is 0 Å². The van der Waals surface area contributed by atoms with E-state index in [1.807, 2.05) is 0 Å². The van der Waals surface area contributed by atoms with Crippen molar-refractivity contribution in [3.8, 4) is 0 Å². The molecule has 1 nitrogen and oxygen atoms in total. The van der Waals surface area contributed by atoms with Crippen molar-refractivity contribution >= 4 is 0 Å². The lowest BCUT2D eigenvalue weighted by Crippen LogP contribution is -2.22. The average Bonchev–Trinajstić information content (AvgIpc) is 2.24. The van der Waals surface area contributed by atoms with Gasteiger partial charge in [-0.1, -0.05) is 50.6 Å². The minimum atomic E-state index is 0.752. The second-order valence-corrected chi connectivity index (χ2v) is 5.68. The Hall–Kier alpha value is -0.820. The fraction of sp³-hybridized carbons (Fsp3) is 0.625. The van der Waals surface area contributed by atoms with Gasteiger partial charge in [-0.05, 0) is 50.3 Å². The Labute approximate surface area is 107 Å². The Morgan fingerprint density at radius 3 is 2.59 bits per heavy atom. The van der Waals surface area contributed by atoms with Crippen molar-refractivity contribution in [1.29, 1.82) is 0 Å². The summed E-state index contributed by atoms with van der Waals surface area (Å²) in [5, 5.41) is 3.51. The van der Waals surface area contributed by atoms with Crippen molar-refractivity contribution < 1.29 is 0 Å². The molecule has 0 aliphatic heterocycles. The highest BCUT2D eigenvalue weighted by molar-refractivity contribution is 5.22. The van der Waals surface area contributed by atoms with E-state index in [2.05, 4.69) is 57.3 Å². The molecule has 1 atom stereocenters. The predicted molar refractivity (Wildman–Crippen MR) is 76.4 cm³/mol. The first kappa shape index (κ1) is 14.2. The molecule has 0 heterocycles. The maximum Gasteiger partial charge on any atom is -0.00258 e. The molecule has 0 saturated heterocycles. The topological polar surface area (TPSA) is 12.0 Å². The Balaban J connectivity index is 2.23. The summed E-state index contributed by atoms with van der Waals surface area (Å²) >= 11 is 0. The van der Waals surface area contributed by atoms with E-state index in [0.29, 0.717) is 0 Å². The first-order valence-electron chi connectivity index (χ1n) is 6.84. The molecule has 0 amide bonds. The van der Waals surface area contributed by atoms with Gasteiger partial charge in [0.05, 0.1) is 0 Å². The van der Waals surface area contributed by atoms with Crippen LogP contribution in [0, 0.1) is 18.8 Å². The molecule has 0 radical (unpaired) electrons. The maximum atomic E-state index is 3.51. The number of nitrogens with one attached hydrogen (secondary N) is 1.